The van der Waals surface area contributed by atoms with Crippen molar-refractivity contribution in [2.45, 2.75) is 59.1 Å². The van der Waals surface area contributed by atoms with Crippen LogP contribution in [-0.4, -0.2) is 58.1 Å². The fourth-order valence-corrected chi connectivity index (χ4v) is 3.14. The molecule has 1 amide bonds. The van der Waals surface area contributed by atoms with Crippen LogP contribution in [0.5, 0.6) is 0 Å². The van der Waals surface area contributed by atoms with Crippen molar-refractivity contribution in [1.82, 2.24) is 15.1 Å². The second-order valence-electron chi connectivity index (χ2n) is 8.06. The third-order valence-electron chi connectivity index (χ3n) is 4.30. The predicted octanol–water partition coefficient (Wildman–Crippen LogP) is 2.36. The molecule has 10 heteroatoms. The van der Waals surface area contributed by atoms with Gasteiger partial charge in [0.05, 0.1) is 24.4 Å². The quantitative estimate of drug-likeness (QED) is 0.389. The van der Waals surface area contributed by atoms with E-state index in [1.54, 1.807) is 58.9 Å². The van der Waals surface area contributed by atoms with Gasteiger partial charge in [0.2, 0.25) is 11.4 Å². The number of ether oxygens (including phenoxy) is 3. The summed E-state index contributed by atoms with van der Waals surface area (Å²) in [5, 5.41) is 7.23. The first kappa shape index (κ1) is 24.8. The minimum Gasteiger partial charge on any atom is -0.464 e. The fraction of sp³-hybridized carbons (Fsp3) is 0.500. The van der Waals surface area contributed by atoms with E-state index in [1.165, 1.54) is 6.92 Å². The van der Waals surface area contributed by atoms with Crippen molar-refractivity contribution >= 4 is 34.8 Å². The second-order valence-corrected chi connectivity index (χ2v) is 8.06. The van der Waals surface area contributed by atoms with E-state index in [2.05, 4.69) is 10.4 Å². The molecule has 1 heterocycles. The maximum absolute atomic E-state index is 12.9. The van der Waals surface area contributed by atoms with Gasteiger partial charge >= 0.3 is 18.0 Å². The van der Waals surface area contributed by atoms with Crippen LogP contribution in [0.3, 0.4) is 0 Å². The van der Waals surface area contributed by atoms with E-state index in [-0.39, 0.29) is 25.3 Å². The number of hydrogen-bond donors (Lipinski definition) is 1. The molecule has 10 nitrogen and oxygen atoms in total. The summed E-state index contributed by atoms with van der Waals surface area (Å²) >= 11 is 0. The summed E-state index contributed by atoms with van der Waals surface area (Å²) in [6.45, 7) is 9.45. The van der Waals surface area contributed by atoms with Crippen LogP contribution in [-0.2, 0) is 35.0 Å². The lowest BCUT2D eigenvalue weighted by atomic mass is 9.91. The molecule has 1 aromatic heterocycles. The van der Waals surface area contributed by atoms with Crippen LogP contribution in [0.2, 0.25) is 0 Å². The van der Waals surface area contributed by atoms with E-state index >= 15 is 0 Å². The first-order valence-corrected chi connectivity index (χ1v) is 10.3. The maximum atomic E-state index is 12.9. The highest BCUT2D eigenvalue weighted by atomic mass is 16.6. The molecule has 0 atom stereocenters. The Morgan fingerprint density at radius 3 is 2.06 bits per heavy atom. The van der Waals surface area contributed by atoms with Gasteiger partial charge < -0.3 is 19.5 Å². The number of nitrogens with zero attached hydrogens (tertiary/aromatic N) is 2. The lowest BCUT2D eigenvalue weighted by molar-refractivity contribution is -0.168. The standard InChI is InChI=1S/C22H29N3O7/c1-7-30-18(27)22(23-14(3)26,19(28)31-8-2)13-16-15-11-9-10-12-17(15)25(24-16)20(29)32-21(4,5)6/h9-12H,7-8,13H2,1-6H3,(H,23,26). The second kappa shape index (κ2) is 9.80. The first-order chi connectivity index (χ1) is 14.9. The average Bonchev–Trinajstić information content (AvgIpc) is 3.05. The van der Waals surface area contributed by atoms with Crippen molar-refractivity contribution < 1.29 is 33.4 Å². The van der Waals surface area contributed by atoms with Gasteiger partial charge in [-0.15, -0.1) is 0 Å². The number of carbonyl (C=O) groups is 4. The first-order valence-electron chi connectivity index (χ1n) is 10.3. The lowest BCUT2D eigenvalue weighted by Gasteiger charge is -2.29. The number of amides is 1. The van der Waals surface area contributed by atoms with Gasteiger partial charge in [0, 0.05) is 18.7 Å². The van der Waals surface area contributed by atoms with E-state index in [0.717, 1.165) is 4.68 Å². The van der Waals surface area contributed by atoms with E-state index in [4.69, 9.17) is 14.2 Å². The maximum Gasteiger partial charge on any atom is 0.435 e. The van der Waals surface area contributed by atoms with Crippen molar-refractivity contribution in [1.29, 1.82) is 0 Å². The number of fused-ring (bicyclic) bond motifs is 1. The number of benzene rings is 1. The topological polar surface area (TPSA) is 126 Å². The molecule has 1 N–H and O–H groups in total. The molecule has 0 radical (unpaired) electrons. The molecule has 32 heavy (non-hydrogen) atoms. The van der Waals surface area contributed by atoms with Crippen molar-refractivity contribution in [2.75, 3.05) is 13.2 Å². The highest BCUT2D eigenvalue weighted by molar-refractivity contribution is 6.08. The van der Waals surface area contributed by atoms with Crippen LogP contribution in [0.4, 0.5) is 4.79 Å². The van der Waals surface area contributed by atoms with E-state index in [1.807, 2.05) is 0 Å². The predicted molar refractivity (Wildman–Crippen MR) is 115 cm³/mol. The molecule has 2 aromatic rings. The molecule has 0 aliphatic heterocycles. The molecule has 0 unspecified atom stereocenters. The number of aromatic nitrogens is 2. The minimum absolute atomic E-state index is 0.0212. The van der Waals surface area contributed by atoms with Crippen LogP contribution in [0, 0.1) is 0 Å². The van der Waals surface area contributed by atoms with E-state index < -0.39 is 35.1 Å². The molecule has 0 saturated heterocycles. The zero-order valence-corrected chi connectivity index (χ0v) is 19.2. The summed E-state index contributed by atoms with van der Waals surface area (Å²) in [6.07, 6.45) is -1.11. The summed E-state index contributed by atoms with van der Waals surface area (Å²) in [6, 6.07) is 6.78. The van der Waals surface area contributed by atoms with E-state index in [9.17, 15) is 19.2 Å². The SMILES string of the molecule is CCOC(=O)C(Cc1nn(C(=O)OC(C)(C)C)c2ccccc12)(NC(C)=O)C(=O)OCC. The van der Waals surface area contributed by atoms with Gasteiger partial charge in [-0.2, -0.15) is 9.78 Å². The van der Waals surface area contributed by atoms with Crippen LogP contribution in [0.25, 0.3) is 10.9 Å². The summed E-state index contributed by atoms with van der Waals surface area (Å²) in [5.41, 5.74) is -2.31. The molecule has 2 rings (SSSR count). The summed E-state index contributed by atoms with van der Waals surface area (Å²) < 4.78 is 16.7. The van der Waals surface area contributed by atoms with Crippen LogP contribution in [0.1, 0.15) is 47.2 Å². The Morgan fingerprint density at radius 1 is 1.00 bits per heavy atom. The van der Waals surface area contributed by atoms with Gasteiger partial charge in [-0.3, -0.25) is 4.79 Å². The molecule has 0 aliphatic carbocycles. The van der Waals surface area contributed by atoms with Crippen molar-refractivity contribution in [3.63, 3.8) is 0 Å². The van der Waals surface area contributed by atoms with Crippen LogP contribution < -0.4 is 5.32 Å². The molecule has 0 aliphatic rings. The molecular weight excluding hydrogens is 418 g/mol. The van der Waals surface area contributed by atoms with Crippen molar-refractivity contribution in [2.24, 2.45) is 0 Å². The number of nitrogens with one attached hydrogen (secondary N) is 1. The molecule has 0 fully saturated rings. The summed E-state index contributed by atoms with van der Waals surface area (Å²) in [5.74, 6) is -2.60. The number of esters is 2. The largest absolute Gasteiger partial charge is 0.464 e. The van der Waals surface area contributed by atoms with Gasteiger partial charge in [-0.05, 0) is 40.7 Å². The summed E-state index contributed by atoms with van der Waals surface area (Å²) in [7, 11) is 0. The molecule has 0 bridgehead atoms. The van der Waals surface area contributed by atoms with Gasteiger partial charge in [0.15, 0.2) is 0 Å². The van der Waals surface area contributed by atoms with Gasteiger partial charge in [0.25, 0.3) is 0 Å². The fourth-order valence-electron chi connectivity index (χ4n) is 3.14. The molecule has 174 valence electrons. The Bertz CT molecular complexity index is 1000. The Morgan fingerprint density at radius 2 is 1.56 bits per heavy atom. The molecule has 0 saturated carbocycles. The third-order valence-corrected chi connectivity index (χ3v) is 4.30. The smallest absolute Gasteiger partial charge is 0.435 e. The number of hydrogen-bond acceptors (Lipinski definition) is 8. The Labute approximate surface area is 186 Å². The zero-order valence-electron chi connectivity index (χ0n) is 19.2. The van der Waals surface area contributed by atoms with Crippen molar-refractivity contribution in [3.05, 3.63) is 30.0 Å². The number of rotatable bonds is 7. The lowest BCUT2D eigenvalue weighted by Crippen LogP contribution is -2.62. The monoisotopic (exact) mass is 447 g/mol. The normalized spacial score (nSPS) is 11.7. The Hall–Kier alpha value is -3.43. The Balaban J connectivity index is 2.65. The molecule has 1 aromatic carbocycles. The van der Waals surface area contributed by atoms with Crippen molar-refractivity contribution in [3.8, 4) is 0 Å². The van der Waals surface area contributed by atoms with Gasteiger partial charge in [-0.25, -0.2) is 14.4 Å². The third kappa shape index (κ3) is 5.43. The van der Waals surface area contributed by atoms with Crippen LogP contribution >= 0.6 is 0 Å². The number of carbonyl (C=O) groups excluding carboxylic acids is 4. The highest BCUT2D eigenvalue weighted by Crippen LogP contribution is 2.26. The van der Waals surface area contributed by atoms with Gasteiger partial charge in [0.1, 0.15) is 5.60 Å². The van der Waals surface area contributed by atoms with E-state index in [0.29, 0.717) is 10.9 Å². The highest BCUT2D eigenvalue weighted by Gasteiger charge is 2.51. The average molecular weight is 447 g/mol. The molecular formula is C22H29N3O7. The number of para-hydroxylation sites is 1. The minimum atomic E-state index is -2.17. The Kier molecular flexibility index (Phi) is 7.60. The zero-order chi connectivity index (χ0) is 24.1. The summed E-state index contributed by atoms with van der Waals surface area (Å²) in [4.78, 5) is 50.5. The van der Waals surface area contributed by atoms with Gasteiger partial charge in [-0.1, -0.05) is 18.2 Å². The van der Waals surface area contributed by atoms with Crippen LogP contribution in [0.15, 0.2) is 24.3 Å². The molecule has 0 spiro atoms.